The highest BCUT2D eigenvalue weighted by atomic mass is 19.1. The Kier molecular flexibility index (Phi) is 3.61. The van der Waals surface area contributed by atoms with Crippen molar-refractivity contribution >= 4 is 0 Å². The fourth-order valence-corrected chi connectivity index (χ4v) is 0.205. The third kappa shape index (κ3) is 3.46. The summed E-state index contributed by atoms with van der Waals surface area (Å²) in [5, 5.41) is 2.84. The first kappa shape index (κ1) is 6.63. The van der Waals surface area contributed by atoms with Crippen LogP contribution >= 0.6 is 0 Å². The molecule has 0 saturated carbocycles. The molecule has 0 aromatic carbocycles. The molecule has 0 radical (unpaired) electrons. The van der Waals surface area contributed by atoms with Crippen molar-refractivity contribution in [1.29, 1.82) is 0 Å². The van der Waals surface area contributed by atoms with E-state index in [1.165, 1.54) is 6.08 Å². The minimum absolute atomic E-state index is 0.144. The van der Waals surface area contributed by atoms with Gasteiger partial charge in [-0.2, -0.15) is 0 Å². The van der Waals surface area contributed by atoms with Crippen molar-refractivity contribution in [2.75, 3.05) is 7.05 Å². The van der Waals surface area contributed by atoms with Gasteiger partial charge in [0.05, 0.1) is 6.33 Å². The van der Waals surface area contributed by atoms with Crippen LogP contribution in [0.25, 0.3) is 0 Å². The molecule has 42 valence electrons. The maximum atomic E-state index is 11.2. The zero-order chi connectivity index (χ0) is 5.70. The summed E-state index contributed by atoms with van der Waals surface area (Å²) in [6.07, 6.45) is 1.99. The van der Waals surface area contributed by atoms with E-state index < -0.39 is 0 Å². The monoisotopic (exact) mass is 103 g/mol. The number of nitrogens with one attached hydrogen (secondary N) is 1. The number of hydrogen-bond donors (Lipinski definition) is 1. The maximum absolute atomic E-state index is 11.2. The van der Waals surface area contributed by atoms with Crippen LogP contribution in [0.1, 0.15) is 6.92 Å². The molecule has 0 bridgehead atoms. The fraction of sp³-hybridized carbons (Fsp3) is 0.600. The van der Waals surface area contributed by atoms with E-state index in [2.05, 4.69) is 5.32 Å². The Hall–Kier alpha value is -0.370. The van der Waals surface area contributed by atoms with Crippen molar-refractivity contribution in [2.24, 2.45) is 0 Å². The van der Waals surface area contributed by atoms with Crippen molar-refractivity contribution in [3.05, 3.63) is 12.4 Å². The Balaban J connectivity index is 3.16. The van der Waals surface area contributed by atoms with Crippen LogP contribution in [-0.4, -0.2) is 13.1 Å². The quantitative estimate of drug-likeness (QED) is 0.551. The number of hydrogen-bond acceptors (Lipinski definition) is 1. The summed E-state index contributed by atoms with van der Waals surface area (Å²) in [5.74, 6) is 0. The average molecular weight is 103 g/mol. The lowest BCUT2D eigenvalue weighted by Gasteiger charge is -1.98. The third-order valence-electron chi connectivity index (χ3n) is 0.817. The number of rotatable bonds is 2. The Labute approximate surface area is 43.2 Å². The first-order valence-corrected chi connectivity index (χ1v) is 2.25. The zero-order valence-electron chi connectivity index (χ0n) is 4.61. The van der Waals surface area contributed by atoms with Gasteiger partial charge in [-0.15, -0.1) is 0 Å². The van der Waals surface area contributed by atoms with Crippen molar-refractivity contribution in [2.45, 2.75) is 13.0 Å². The minimum Gasteiger partial charge on any atom is -0.314 e. The summed E-state index contributed by atoms with van der Waals surface area (Å²) in [4.78, 5) is 0. The van der Waals surface area contributed by atoms with Gasteiger partial charge in [0.2, 0.25) is 0 Å². The molecule has 0 amide bonds. The van der Waals surface area contributed by atoms with E-state index in [4.69, 9.17) is 0 Å². The van der Waals surface area contributed by atoms with E-state index in [1.54, 1.807) is 7.05 Å². The van der Waals surface area contributed by atoms with Crippen LogP contribution in [0, 0.1) is 0 Å². The molecule has 1 nitrogen and oxygen atoms in total. The molecule has 0 spiro atoms. The maximum Gasteiger partial charge on any atom is 0.0842 e. The third-order valence-corrected chi connectivity index (χ3v) is 0.817. The molecule has 0 heterocycles. The SMILES string of the molecule is CNC(C)/C=C/F. The second-order valence-electron chi connectivity index (χ2n) is 1.40. The minimum atomic E-state index is 0.144. The summed E-state index contributed by atoms with van der Waals surface area (Å²) in [6, 6.07) is 0.144. The van der Waals surface area contributed by atoms with Gasteiger partial charge in [0.15, 0.2) is 0 Å². The highest BCUT2D eigenvalue weighted by Crippen LogP contribution is 1.80. The summed E-state index contributed by atoms with van der Waals surface area (Å²) in [5.41, 5.74) is 0. The highest BCUT2D eigenvalue weighted by molar-refractivity contribution is 4.83. The van der Waals surface area contributed by atoms with Gasteiger partial charge in [0.1, 0.15) is 0 Å². The molecule has 0 aromatic heterocycles. The summed E-state index contributed by atoms with van der Waals surface area (Å²) >= 11 is 0. The molecule has 0 rings (SSSR count). The fourth-order valence-electron chi connectivity index (χ4n) is 0.205. The molecule has 0 aliphatic carbocycles. The molecule has 0 aliphatic rings. The van der Waals surface area contributed by atoms with Crippen molar-refractivity contribution in [3.63, 3.8) is 0 Å². The van der Waals surface area contributed by atoms with Crippen molar-refractivity contribution in [1.82, 2.24) is 5.32 Å². The van der Waals surface area contributed by atoms with E-state index in [-0.39, 0.29) is 6.04 Å². The van der Waals surface area contributed by atoms with E-state index in [0.717, 1.165) is 0 Å². The molecule has 0 fully saturated rings. The van der Waals surface area contributed by atoms with Crippen LogP contribution in [0.4, 0.5) is 4.39 Å². The van der Waals surface area contributed by atoms with Crippen LogP contribution in [0.2, 0.25) is 0 Å². The van der Waals surface area contributed by atoms with Gasteiger partial charge >= 0.3 is 0 Å². The normalized spacial score (nSPS) is 15.3. The van der Waals surface area contributed by atoms with Gasteiger partial charge in [-0.3, -0.25) is 0 Å². The number of halogens is 1. The van der Waals surface area contributed by atoms with Gasteiger partial charge in [-0.05, 0) is 20.0 Å². The lowest BCUT2D eigenvalue weighted by Crippen LogP contribution is -2.17. The lowest BCUT2D eigenvalue weighted by molar-refractivity contribution is 0.675. The number of likely N-dealkylation sites (N-methyl/N-ethyl adjacent to an activating group) is 1. The topological polar surface area (TPSA) is 12.0 Å². The predicted octanol–water partition coefficient (Wildman–Crippen LogP) is 1.08. The van der Waals surface area contributed by atoms with Gasteiger partial charge < -0.3 is 5.32 Å². The van der Waals surface area contributed by atoms with Gasteiger partial charge in [-0.25, -0.2) is 4.39 Å². The highest BCUT2D eigenvalue weighted by Gasteiger charge is 1.85. The standard InChI is InChI=1S/C5H10FN/c1-5(7-2)3-4-6/h3-5,7H,1-2H3/b4-3+. The van der Waals surface area contributed by atoms with Gasteiger partial charge in [0.25, 0.3) is 0 Å². The Morgan fingerprint density at radius 2 is 2.29 bits per heavy atom. The molecule has 0 saturated heterocycles. The molecule has 2 heteroatoms. The molecular weight excluding hydrogens is 93.1 g/mol. The van der Waals surface area contributed by atoms with Crippen LogP contribution in [0.5, 0.6) is 0 Å². The van der Waals surface area contributed by atoms with E-state index in [1.807, 2.05) is 6.92 Å². The van der Waals surface area contributed by atoms with Crippen LogP contribution in [0.3, 0.4) is 0 Å². The molecule has 7 heavy (non-hydrogen) atoms. The summed E-state index contributed by atoms with van der Waals surface area (Å²) in [7, 11) is 1.78. The van der Waals surface area contributed by atoms with Gasteiger partial charge in [0, 0.05) is 6.04 Å². The molecule has 0 aliphatic heterocycles. The average Bonchev–Trinajstić information content (AvgIpc) is 1.68. The second-order valence-corrected chi connectivity index (χ2v) is 1.40. The van der Waals surface area contributed by atoms with Crippen molar-refractivity contribution < 1.29 is 4.39 Å². The lowest BCUT2D eigenvalue weighted by atomic mass is 10.3. The van der Waals surface area contributed by atoms with E-state index >= 15 is 0 Å². The molecule has 1 atom stereocenters. The molecule has 0 aromatic rings. The zero-order valence-corrected chi connectivity index (χ0v) is 4.61. The van der Waals surface area contributed by atoms with Crippen LogP contribution in [0.15, 0.2) is 12.4 Å². The summed E-state index contributed by atoms with van der Waals surface area (Å²) < 4.78 is 11.2. The molecular formula is C5H10FN. The molecule has 1 N–H and O–H groups in total. The predicted molar refractivity (Wildman–Crippen MR) is 28.8 cm³/mol. The Morgan fingerprint density at radius 3 is 2.43 bits per heavy atom. The first-order valence-electron chi connectivity index (χ1n) is 2.25. The first-order chi connectivity index (χ1) is 3.31. The smallest absolute Gasteiger partial charge is 0.0842 e. The van der Waals surface area contributed by atoms with Crippen LogP contribution < -0.4 is 5.32 Å². The summed E-state index contributed by atoms with van der Waals surface area (Å²) in [6.45, 7) is 1.87. The Morgan fingerprint density at radius 1 is 1.71 bits per heavy atom. The van der Waals surface area contributed by atoms with Gasteiger partial charge in [-0.1, -0.05) is 0 Å². The van der Waals surface area contributed by atoms with Crippen molar-refractivity contribution in [3.8, 4) is 0 Å². The Bertz CT molecular complexity index is 61.1. The van der Waals surface area contributed by atoms with Crippen LogP contribution in [-0.2, 0) is 0 Å². The molecule has 1 unspecified atom stereocenters. The second kappa shape index (κ2) is 3.81. The van der Waals surface area contributed by atoms with E-state index in [0.29, 0.717) is 6.33 Å². The van der Waals surface area contributed by atoms with E-state index in [9.17, 15) is 4.39 Å². The largest absolute Gasteiger partial charge is 0.314 e.